The summed E-state index contributed by atoms with van der Waals surface area (Å²) >= 11 is 9.81. The number of nitrogens with zero attached hydrogens (tertiary/aromatic N) is 6. The molecule has 2 aromatic carbocycles. The van der Waals surface area contributed by atoms with Gasteiger partial charge in [0.2, 0.25) is 0 Å². The lowest BCUT2D eigenvalue weighted by molar-refractivity contribution is 0.187. The molecule has 41 heavy (non-hydrogen) atoms. The van der Waals surface area contributed by atoms with Crippen molar-refractivity contribution in [2.45, 2.75) is 18.9 Å². The van der Waals surface area contributed by atoms with Crippen LogP contribution in [0.25, 0.3) is 28.1 Å². The number of carbonyl (C=O) groups is 1. The van der Waals surface area contributed by atoms with Gasteiger partial charge in [-0.2, -0.15) is 4.68 Å². The average Bonchev–Trinajstić information content (AvgIpc) is 3.75. The third-order valence-corrected chi connectivity index (χ3v) is 7.80. The predicted molar refractivity (Wildman–Crippen MR) is 155 cm³/mol. The summed E-state index contributed by atoms with van der Waals surface area (Å²) < 4.78 is 14.2. The normalized spacial score (nSPS) is 14.1. The van der Waals surface area contributed by atoms with E-state index < -0.39 is 6.09 Å². The number of aromatic nitrogens is 7. The second-order valence-corrected chi connectivity index (χ2v) is 10.5. The number of fused-ring (bicyclic) bond motifs is 1. The van der Waals surface area contributed by atoms with Gasteiger partial charge in [0.15, 0.2) is 0 Å². The van der Waals surface area contributed by atoms with Gasteiger partial charge in [-0.3, -0.25) is 10.1 Å². The fourth-order valence-corrected chi connectivity index (χ4v) is 5.67. The Kier molecular flexibility index (Phi) is 7.05. The molecule has 2 N–H and O–H groups in total. The molecule has 0 fully saturated rings. The highest BCUT2D eigenvalue weighted by Crippen LogP contribution is 2.39. The van der Waals surface area contributed by atoms with Crippen LogP contribution in [0.2, 0.25) is 5.02 Å². The number of H-pyrrole nitrogens is 1. The van der Waals surface area contributed by atoms with Gasteiger partial charge in [-0.05, 0) is 75.1 Å². The summed E-state index contributed by atoms with van der Waals surface area (Å²) in [7, 11) is 2.83. The Morgan fingerprint density at radius 2 is 2.02 bits per heavy atom. The Balaban J connectivity index is 1.34. The molecule has 5 aromatic rings. The highest BCUT2D eigenvalue weighted by molar-refractivity contribution is 9.10. The SMILES string of the molecule is COC(=O)Nc1cc(OC)c(-c2cnc([C@@H]3CCc4cc(-c5cc(Cl)ccc5-n5cnnn5)cc(=O)n43)[nH]2)cc1Br. The number of rotatable bonds is 6. The van der Waals surface area contributed by atoms with E-state index in [0.717, 1.165) is 22.4 Å². The van der Waals surface area contributed by atoms with Crippen molar-refractivity contribution < 1.29 is 14.3 Å². The molecule has 6 rings (SSSR count). The third kappa shape index (κ3) is 4.98. The molecule has 1 atom stereocenters. The Hall–Kier alpha value is -4.49. The molecule has 3 aromatic heterocycles. The van der Waals surface area contributed by atoms with Crippen molar-refractivity contribution in [1.29, 1.82) is 0 Å². The summed E-state index contributed by atoms with van der Waals surface area (Å²) in [5, 5.41) is 14.6. The molecule has 0 saturated heterocycles. The summed E-state index contributed by atoms with van der Waals surface area (Å²) in [6, 6.07) is 12.2. The minimum atomic E-state index is -0.597. The van der Waals surface area contributed by atoms with E-state index >= 15 is 0 Å². The van der Waals surface area contributed by atoms with Gasteiger partial charge in [-0.25, -0.2) is 9.78 Å². The minimum absolute atomic E-state index is 0.154. The van der Waals surface area contributed by atoms with E-state index in [1.54, 1.807) is 42.1 Å². The third-order valence-electron chi connectivity index (χ3n) is 6.91. The van der Waals surface area contributed by atoms with Crippen LogP contribution in [0.1, 0.15) is 24.0 Å². The van der Waals surface area contributed by atoms with Gasteiger partial charge in [-0.15, -0.1) is 5.10 Å². The Morgan fingerprint density at radius 1 is 1.17 bits per heavy atom. The number of methoxy groups -OCH3 is 2. The number of nitrogens with one attached hydrogen (secondary N) is 2. The number of benzene rings is 2. The molecular weight excluding hydrogens is 616 g/mol. The number of aryl methyl sites for hydroxylation is 1. The number of aromatic amines is 1. The zero-order valence-corrected chi connectivity index (χ0v) is 24.1. The van der Waals surface area contributed by atoms with Crippen molar-refractivity contribution >= 4 is 39.3 Å². The van der Waals surface area contributed by atoms with Gasteiger partial charge >= 0.3 is 6.09 Å². The van der Waals surface area contributed by atoms with Gasteiger partial charge in [0.05, 0.1) is 43.5 Å². The first kappa shape index (κ1) is 26.7. The lowest BCUT2D eigenvalue weighted by Crippen LogP contribution is -2.23. The van der Waals surface area contributed by atoms with E-state index in [9.17, 15) is 9.59 Å². The van der Waals surface area contributed by atoms with Gasteiger partial charge in [0.25, 0.3) is 5.56 Å². The summed E-state index contributed by atoms with van der Waals surface area (Å²) in [6.07, 6.45) is 3.99. The number of tetrazole rings is 1. The van der Waals surface area contributed by atoms with Crippen molar-refractivity contribution in [2.24, 2.45) is 0 Å². The fraction of sp³-hybridized carbons (Fsp3) is 0.185. The second-order valence-electron chi connectivity index (χ2n) is 9.24. The van der Waals surface area contributed by atoms with Gasteiger partial charge in [0.1, 0.15) is 17.9 Å². The standard InChI is InChI=1S/C27H22BrClN8O4/c1-40-24-11-20(33-27(39)41-2)19(28)10-18(24)21-12-30-26(32-21)23-6-4-16-7-14(8-25(38)37(16)23)17-9-15(29)3-5-22(17)36-13-31-34-35-36/h3,5,7-13,23H,4,6H2,1-2H3,(H,30,32)(H,33,39)/t23-/m0/s1. The first-order chi connectivity index (χ1) is 19.9. The lowest BCUT2D eigenvalue weighted by Gasteiger charge is -2.15. The molecular formula is C27H22BrClN8O4. The number of pyridine rings is 1. The lowest BCUT2D eigenvalue weighted by atomic mass is 10.0. The molecule has 1 amide bonds. The van der Waals surface area contributed by atoms with Crippen LogP contribution in [0.3, 0.4) is 0 Å². The summed E-state index contributed by atoms with van der Waals surface area (Å²) in [5.74, 6) is 1.17. The molecule has 1 aliphatic heterocycles. The van der Waals surface area contributed by atoms with Crippen LogP contribution in [-0.2, 0) is 11.2 Å². The molecule has 0 saturated carbocycles. The summed E-state index contributed by atoms with van der Waals surface area (Å²) in [5.41, 5.74) is 4.84. The molecule has 208 valence electrons. The van der Waals surface area contributed by atoms with Crippen molar-refractivity contribution in [3.05, 3.63) is 86.4 Å². The number of imidazole rings is 1. The van der Waals surface area contributed by atoms with Crippen molar-refractivity contribution in [3.8, 4) is 33.8 Å². The van der Waals surface area contributed by atoms with Gasteiger partial charge in [0, 0.05) is 38.4 Å². The fourth-order valence-electron chi connectivity index (χ4n) is 5.05. The van der Waals surface area contributed by atoms with Crippen molar-refractivity contribution in [3.63, 3.8) is 0 Å². The zero-order valence-electron chi connectivity index (χ0n) is 21.8. The van der Waals surface area contributed by atoms with Crippen LogP contribution in [0.5, 0.6) is 5.75 Å². The van der Waals surface area contributed by atoms with Crippen LogP contribution < -0.4 is 15.6 Å². The van der Waals surface area contributed by atoms with Gasteiger partial charge < -0.3 is 19.0 Å². The highest BCUT2D eigenvalue weighted by atomic mass is 79.9. The van der Waals surface area contributed by atoms with E-state index in [-0.39, 0.29) is 11.6 Å². The quantitative estimate of drug-likeness (QED) is 0.264. The maximum absolute atomic E-state index is 13.5. The van der Waals surface area contributed by atoms with Crippen molar-refractivity contribution in [2.75, 3.05) is 19.5 Å². The second kappa shape index (κ2) is 10.8. The molecule has 1 aliphatic rings. The molecule has 0 radical (unpaired) electrons. The number of carbonyl (C=O) groups excluding carboxylic acids is 1. The van der Waals surface area contributed by atoms with E-state index in [0.29, 0.717) is 51.0 Å². The average molecular weight is 638 g/mol. The van der Waals surface area contributed by atoms with Crippen LogP contribution in [0.15, 0.2) is 64.3 Å². The zero-order chi connectivity index (χ0) is 28.7. The number of ether oxygens (including phenoxy) is 2. The van der Waals surface area contributed by atoms with Crippen molar-refractivity contribution in [1.82, 2.24) is 34.7 Å². The number of hydrogen-bond acceptors (Lipinski definition) is 8. The first-order valence-corrected chi connectivity index (χ1v) is 13.6. The molecule has 0 spiro atoms. The minimum Gasteiger partial charge on any atom is -0.496 e. The molecule has 0 bridgehead atoms. The largest absolute Gasteiger partial charge is 0.496 e. The molecule has 14 heteroatoms. The summed E-state index contributed by atoms with van der Waals surface area (Å²) in [4.78, 5) is 33.2. The monoisotopic (exact) mass is 636 g/mol. The van der Waals surface area contributed by atoms with E-state index in [4.69, 9.17) is 16.3 Å². The molecule has 0 aliphatic carbocycles. The Morgan fingerprint density at radius 3 is 2.78 bits per heavy atom. The smallest absolute Gasteiger partial charge is 0.411 e. The number of amides is 1. The molecule has 0 unspecified atom stereocenters. The molecule has 12 nitrogen and oxygen atoms in total. The van der Waals surface area contributed by atoms with Crippen LogP contribution in [-0.4, -0.2) is 55.1 Å². The van der Waals surface area contributed by atoms with Crippen LogP contribution in [0, 0.1) is 0 Å². The number of hydrogen-bond donors (Lipinski definition) is 2. The summed E-state index contributed by atoms with van der Waals surface area (Å²) in [6.45, 7) is 0. The van der Waals surface area contributed by atoms with Gasteiger partial charge in [-0.1, -0.05) is 11.6 Å². The predicted octanol–water partition coefficient (Wildman–Crippen LogP) is 5.02. The Labute approximate surface area is 246 Å². The van der Waals surface area contributed by atoms with E-state index in [1.807, 2.05) is 18.2 Å². The maximum Gasteiger partial charge on any atom is 0.411 e. The number of halogens is 2. The van der Waals surface area contributed by atoms with E-state index in [1.165, 1.54) is 18.1 Å². The van der Waals surface area contributed by atoms with Crippen LogP contribution >= 0.6 is 27.5 Å². The first-order valence-electron chi connectivity index (χ1n) is 12.4. The maximum atomic E-state index is 13.5. The van der Waals surface area contributed by atoms with Crippen LogP contribution in [0.4, 0.5) is 10.5 Å². The molecule has 4 heterocycles. The Bertz CT molecular complexity index is 1840. The van der Waals surface area contributed by atoms with E-state index in [2.05, 4.69) is 51.5 Å². The number of anilines is 1. The topological polar surface area (TPSA) is 142 Å². The highest BCUT2D eigenvalue weighted by Gasteiger charge is 2.28.